The number of halogens is 2. The van der Waals surface area contributed by atoms with Gasteiger partial charge in [0, 0.05) is 16.1 Å². The third-order valence-corrected chi connectivity index (χ3v) is 7.18. The third-order valence-electron chi connectivity index (χ3n) is 5.39. The Hall–Kier alpha value is -3.49. The number of hydrogen-bond donors (Lipinski definition) is 2. The molecule has 0 aliphatic rings. The Labute approximate surface area is 233 Å². The van der Waals surface area contributed by atoms with Crippen LogP contribution >= 0.6 is 46.8 Å². The van der Waals surface area contributed by atoms with Crippen LogP contribution in [0.4, 0.5) is 5.69 Å². The molecule has 0 spiro atoms. The summed E-state index contributed by atoms with van der Waals surface area (Å²) in [5.74, 6) is 0.198. The van der Waals surface area contributed by atoms with Gasteiger partial charge in [0.25, 0.3) is 5.91 Å². The van der Waals surface area contributed by atoms with Crippen LogP contribution in [0.2, 0.25) is 10.0 Å². The van der Waals surface area contributed by atoms with E-state index >= 15 is 0 Å². The molecule has 0 unspecified atom stereocenters. The highest BCUT2D eigenvalue weighted by atomic mass is 35.5. The first kappa shape index (κ1) is 25.2. The quantitative estimate of drug-likeness (QED) is 0.205. The highest BCUT2D eigenvalue weighted by Crippen LogP contribution is 2.40. The maximum atomic E-state index is 12.9. The summed E-state index contributed by atoms with van der Waals surface area (Å²) < 4.78 is 6.87. The lowest BCUT2D eigenvalue weighted by atomic mass is 10.2. The fourth-order valence-corrected chi connectivity index (χ4v) is 5.37. The Morgan fingerprint density at radius 2 is 1.73 bits per heavy atom. The summed E-state index contributed by atoms with van der Waals surface area (Å²) in [4.78, 5) is 17.6. The number of amides is 1. The van der Waals surface area contributed by atoms with Crippen molar-refractivity contribution in [2.24, 2.45) is 0 Å². The number of nitrogens with zero attached hydrogens (tertiary/aromatic N) is 1. The van der Waals surface area contributed by atoms with Crippen LogP contribution < -0.4 is 15.4 Å². The van der Waals surface area contributed by atoms with Gasteiger partial charge in [-0.25, -0.2) is 4.98 Å². The lowest BCUT2D eigenvalue weighted by Crippen LogP contribution is -2.34. The topological polar surface area (TPSA) is 63.2 Å². The van der Waals surface area contributed by atoms with Crippen molar-refractivity contribution in [1.82, 2.24) is 10.3 Å². The molecule has 0 saturated carbocycles. The van der Waals surface area contributed by atoms with E-state index < -0.39 is 0 Å². The molecule has 184 valence electrons. The molecule has 0 radical (unpaired) electrons. The zero-order valence-electron chi connectivity index (χ0n) is 19.2. The van der Waals surface area contributed by atoms with E-state index in [1.807, 2.05) is 54.6 Å². The molecule has 1 heterocycles. The average molecular weight is 565 g/mol. The van der Waals surface area contributed by atoms with E-state index in [0.717, 1.165) is 20.8 Å². The molecule has 5 aromatic rings. The molecule has 0 fully saturated rings. The summed E-state index contributed by atoms with van der Waals surface area (Å²) >= 11 is 19.8. The second-order valence-corrected chi connectivity index (χ2v) is 10.3. The molecule has 0 bridgehead atoms. The van der Waals surface area contributed by atoms with Crippen molar-refractivity contribution >= 4 is 73.7 Å². The van der Waals surface area contributed by atoms with Crippen molar-refractivity contribution in [1.29, 1.82) is 0 Å². The monoisotopic (exact) mass is 563 g/mol. The van der Waals surface area contributed by atoms with Gasteiger partial charge in [-0.05, 0) is 60.2 Å². The summed E-state index contributed by atoms with van der Waals surface area (Å²) in [6.45, 7) is 0.398. The van der Waals surface area contributed by atoms with Crippen LogP contribution in [0, 0.1) is 0 Å². The van der Waals surface area contributed by atoms with Gasteiger partial charge in [0.15, 0.2) is 5.11 Å². The zero-order chi connectivity index (χ0) is 25.8. The number of benzene rings is 4. The number of thiocarbonyl (C=S) groups is 1. The molecular formula is C28H19Cl2N3O2S2. The van der Waals surface area contributed by atoms with E-state index in [-0.39, 0.29) is 11.0 Å². The van der Waals surface area contributed by atoms with Gasteiger partial charge in [0.05, 0.1) is 20.9 Å². The van der Waals surface area contributed by atoms with Crippen molar-refractivity contribution in [3.63, 3.8) is 0 Å². The second-order valence-electron chi connectivity index (χ2n) is 8.01. The van der Waals surface area contributed by atoms with Crippen LogP contribution in [0.1, 0.15) is 15.9 Å². The predicted molar refractivity (Wildman–Crippen MR) is 156 cm³/mol. The highest BCUT2D eigenvalue weighted by Gasteiger charge is 2.17. The summed E-state index contributed by atoms with van der Waals surface area (Å²) in [6.07, 6.45) is 0. The Kier molecular flexibility index (Phi) is 7.67. The SMILES string of the molecule is O=C(NC(=S)Nc1c(Cl)cc(Cl)cc1-c1nc2ccccc2s1)c1cccc(OCc2ccccc2)c1. The number of carbonyl (C=O) groups is 1. The second kappa shape index (κ2) is 11.3. The normalized spacial score (nSPS) is 10.8. The van der Waals surface area contributed by atoms with Crippen LogP contribution in [-0.4, -0.2) is 16.0 Å². The van der Waals surface area contributed by atoms with Crippen LogP contribution in [0.15, 0.2) is 91.0 Å². The largest absolute Gasteiger partial charge is 0.489 e. The van der Waals surface area contributed by atoms with Gasteiger partial charge in [0.2, 0.25) is 0 Å². The molecule has 0 atom stereocenters. The minimum absolute atomic E-state index is 0.0900. The van der Waals surface area contributed by atoms with Gasteiger partial charge >= 0.3 is 0 Å². The maximum Gasteiger partial charge on any atom is 0.257 e. The van der Waals surface area contributed by atoms with Crippen LogP contribution in [0.5, 0.6) is 5.75 Å². The number of carbonyl (C=O) groups excluding carboxylic acids is 1. The standard InChI is InChI=1S/C28H19Cl2N3O2S2/c29-19-14-21(27-31-23-11-4-5-12-24(23)37-27)25(22(30)15-19)32-28(36)33-26(34)18-9-6-10-20(13-18)35-16-17-7-2-1-3-8-17/h1-15H,16H2,(H2,32,33,34,36). The minimum Gasteiger partial charge on any atom is -0.489 e. The van der Waals surface area contributed by atoms with Crippen LogP contribution in [-0.2, 0) is 6.61 Å². The Morgan fingerprint density at radius 3 is 2.54 bits per heavy atom. The number of aromatic nitrogens is 1. The van der Waals surface area contributed by atoms with Gasteiger partial charge in [-0.2, -0.15) is 0 Å². The van der Waals surface area contributed by atoms with Crippen molar-refractivity contribution < 1.29 is 9.53 Å². The molecule has 37 heavy (non-hydrogen) atoms. The lowest BCUT2D eigenvalue weighted by Gasteiger charge is -2.15. The third kappa shape index (κ3) is 6.09. The number of anilines is 1. The number of ether oxygens (including phenoxy) is 1. The van der Waals surface area contributed by atoms with E-state index in [4.69, 9.17) is 45.1 Å². The first-order valence-electron chi connectivity index (χ1n) is 11.2. The van der Waals surface area contributed by atoms with E-state index in [2.05, 4.69) is 10.6 Å². The lowest BCUT2D eigenvalue weighted by molar-refractivity contribution is 0.0977. The summed E-state index contributed by atoms with van der Waals surface area (Å²) in [7, 11) is 0. The van der Waals surface area contributed by atoms with Gasteiger partial charge in [-0.3, -0.25) is 10.1 Å². The fourth-order valence-electron chi connectivity index (χ4n) is 3.64. The van der Waals surface area contributed by atoms with Gasteiger partial charge in [0.1, 0.15) is 17.4 Å². The average Bonchev–Trinajstić information content (AvgIpc) is 3.34. The summed E-state index contributed by atoms with van der Waals surface area (Å²) in [5, 5.41) is 7.40. The molecule has 2 N–H and O–H groups in total. The Bertz CT molecular complexity index is 1570. The van der Waals surface area contributed by atoms with Crippen LogP contribution in [0.25, 0.3) is 20.8 Å². The highest BCUT2D eigenvalue weighted by molar-refractivity contribution is 7.80. The van der Waals surface area contributed by atoms with Crippen LogP contribution in [0.3, 0.4) is 0 Å². The Morgan fingerprint density at radius 1 is 0.946 bits per heavy atom. The van der Waals surface area contributed by atoms with Crippen molar-refractivity contribution in [3.8, 4) is 16.3 Å². The van der Waals surface area contributed by atoms with Gasteiger partial charge < -0.3 is 10.1 Å². The molecule has 4 aromatic carbocycles. The van der Waals surface area contributed by atoms with E-state index in [0.29, 0.717) is 39.2 Å². The van der Waals surface area contributed by atoms with E-state index in [1.165, 1.54) is 11.3 Å². The number of thiazole rings is 1. The molecule has 0 saturated heterocycles. The van der Waals surface area contributed by atoms with Crippen molar-refractivity contribution in [2.75, 3.05) is 5.32 Å². The molecule has 1 amide bonds. The number of nitrogens with one attached hydrogen (secondary N) is 2. The first-order chi connectivity index (χ1) is 18.0. The number of rotatable bonds is 6. The predicted octanol–water partition coefficient (Wildman–Crippen LogP) is 7.98. The fraction of sp³-hybridized carbons (Fsp3) is 0.0357. The Balaban J connectivity index is 1.31. The minimum atomic E-state index is -0.380. The molecule has 0 aliphatic heterocycles. The number of hydrogen-bond acceptors (Lipinski definition) is 5. The van der Waals surface area contributed by atoms with Crippen molar-refractivity contribution in [2.45, 2.75) is 6.61 Å². The van der Waals surface area contributed by atoms with Gasteiger partial charge in [-0.1, -0.05) is 71.7 Å². The smallest absolute Gasteiger partial charge is 0.257 e. The van der Waals surface area contributed by atoms with Gasteiger partial charge in [-0.15, -0.1) is 11.3 Å². The van der Waals surface area contributed by atoms with Crippen molar-refractivity contribution in [3.05, 3.63) is 112 Å². The van der Waals surface area contributed by atoms with E-state index in [9.17, 15) is 4.79 Å². The van der Waals surface area contributed by atoms with E-state index in [1.54, 1.807) is 36.4 Å². The molecule has 0 aliphatic carbocycles. The first-order valence-corrected chi connectivity index (χ1v) is 13.2. The molecular weight excluding hydrogens is 545 g/mol. The summed E-state index contributed by atoms with van der Waals surface area (Å²) in [5.41, 5.74) is 3.51. The zero-order valence-corrected chi connectivity index (χ0v) is 22.3. The molecule has 1 aromatic heterocycles. The maximum absolute atomic E-state index is 12.9. The molecule has 9 heteroatoms. The summed E-state index contributed by atoms with van der Waals surface area (Å²) in [6, 6.07) is 27.9. The molecule has 5 nitrogen and oxygen atoms in total. The number of para-hydroxylation sites is 1. The number of fused-ring (bicyclic) bond motifs is 1. The molecule has 5 rings (SSSR count).